The van der Waals surface area contributed by atoms with Gasteiger partial charge in [-0.15, -0.1) is 0 Å². The van der Waals surface area contributed by atoms with Crippen molar-refractivity contribution in [3.8, 4) is 0 Å². The topological polar surface area (TPSA) is 96.3 Å². The van der Waals surface area contributed by atoms with E-state index in [1.165, 1.54) is 6.33 Å². The number of hydrogen-bond donors (Lipinski definition) is 3. The molecule has 1 aromatic carbocycles. The first-order valence-electron chi connectivity index (χ1n) is 7.29. The Kier molecular flexibility index (Phi) is 3.97. The standard InChI is InChI=1S/C15H21N7/c1-21-4-6-22(7-5-21)14-3-2-11(16)8-13(14)20-15-12(17)9-18-10-19-15/h2-3,8-10H,4-7,16-17H2,1H3,(H,18,19,20). The van der Waals surface area contributed by atoms with Gasteiger partial charge in [0.25, 0.3) is 0 Å². The molecule has 1 saturated heterocycles. The number of nitrogens with one attached hydrogen (secondary N) is 1. The maximum absolute atomic E-state index is 5.94. The number of rotatable bonds is 3. The highest BCUT2D eigenvalue weighted by Crippen LogP contribution is 2.32. The second-order valence-electron chi connectivity index (χ2n) is 5.52. The smallest absolute Gasteiger partial charge is 0.157 e. The Hall–Kier alpha value is -2.54. The Morgan fingerprint density at radius 3 is 2.64 bits per heavy atom. The van der Waals surface area contributed by atoms with Gasteiger partial charge in [0.2, 0.25) is 0 Å². The predicted molar refractivity (Wildman–Crippen MR) is 90.3 cm³/mol. The molecule has 0 aliphatic carbocycles. The number of hydrogen-bond acceptors (Lipinski definition) is 7. The molecule has 1 aromatic heterocycles. The fourth-order valence-corrected chi connectivity index (χ4v) is 2.55. The highest BCUT2D eigenvalue weighted by molar-refractivity contribution is 5.80. The van der Waals surface area contributed by atoms with E-state index < -0.39 is 0 Å². The minimum atomic E-state index is 0.509. The van der Waals surface area contributed by atoms with Crippen LogP contribution in [0.15, 0.2) is 30.7 Å². The second-order valence-corrected chi connectivity index (χ2v) is 5.52. The van der Waals surface area contributed by atoms with Crippen LogP contribution in [0.4, 0.5) is 28.6 Å². The zero-order chi connectivity index (χ0) is 15.5. The van der Waals surface area contributed by atoms with Crippen LogP contribution in [-0.4, -0.2) is 48.1 Å². The number of nitrogens with two attached hydrogens (primary N) is 2. The molecule has 116 valence electrons. The van der Waals surface area contributed by atoms with Crippen LogP contribution in [0.2, 0.25) is 0 Å². The van der Waals surface area contributed by atoms with Gasteiger partial charge in [0.05, 0.1) is 23.3 Å². The van der Waals surface area contributed by atoms with Gasteiger partial charge in [0.15, 0.2) is 5.82 Å². The van der Waals surface area contributed by atoms with Gasteiger partial charge >= 0.3 is 0 Å². The average Bonchev–Trinajstić information content (AvgIpc) is 2.51. The van der Waals surface area contributed by atoms with Gasteiger partial charge in [0, 0.05) is 31.9 Å². The van der Waals surface area contributed by atoms with Gasteiger partial charge < -0.3 is 26.6 Å². The number of likely N-dealkylation sites (N-methyl/N-ethyl adjacent to an activating group) is 1. The highest BCUT2D eigenvalue weighted by Gasteiger charge is 2.17. The normalized spacial score (nSPS) is 15.8. The SMILES string of the molecule is CN1CCN(c2ccc(N)cc2Nc2ncncc2N)CC1. The first-order chi connectivity index (χ1) is 10.6. The summed E-state index contributed by atoms with van der Waals surface area (Å²) in [5.74, 6) is 0.593. The van der Waals surface area contributed by atoms with Crippen molar-refractivity contribution >= 4 is 28.6 Å². The Morgan fingerprint density at radius 1 is 1.14 bits per heavy atom. The maximum Gasteiger partial charge on any atom is 0.157 e. The molecule has 1 aliphatic rings. The Morgan fingerprint density at radius 2 is 1.91 bits per heavy atom. The van der Waals surface area contributed by atoms with Crippen LogP contribution in [0.1, 0.15) is 0 Å². The summed E-state index contributed by atoms with van der Waals surface area (Å²) in [6.07, 6.45) is 3.05. The molecule has 3 rings (SSSR count). The van der Waals surface area contributed by atoms with Gasteiger partial charge in [-0.05, 0) is 25.2 Å². The molecule has 7 nitrogen and oxygen atoms in total. The molecule has 0 saturated carbocycles. The molecule has 0 unspecified atom stereocenters. The van der Waals surface area contributed by atoms with Crippen molar-refractivity contribution in [2.75, 3.05) is 54.9 Å². The van der Waals surface area contributed by atoms with Crippen molar-refractivity contribution in [3.05, 3.63) is 30.7 Å². The minimum absolute atomic E-state index is 0.509. The van der Waals surface area contributed by atoms with E-state index in [0.29, 0.717) is 17.2 Å². The molecule has 0 atom stereocenters. The molecule has 1 aliphatic heterocycles. The van der Waals surface area contributed by atoms with Crippen molar-refractivity contribution in [2.24, 2.45) is 0 Å². The lowest BCUT2D eigenvalue weighted by Gasteiger charge is -2.35. The van der Waals surface area contributed by atoms with Crippen molar-refractivity contribution in [1.82, 2.24) is 14.9 Å². The molecule has 1 fully saturated rings. The van der Waals surface area contributed by atoms with E-state index in [2.05, 4.69) is 32.1 Å². The van der Waals surface area contributed by atoms with E-state index in [4.69, 9.17) is 11.5 Å². The molecule has 5 N–H and O–H groups in total. The van der Waals surface area contributed by atoms with Crippen LogP contribution < -0.4 is 21.7 Å². The van der Waals surface area contributed by atoms with E-state index in [0.717, 1.165) is 37.6 Å². The largest absolute Gasteiger partial charge is 0.399 e. The lowest BCUT2D eigenvalue weighted by molar-refractivity contribution is 0.313. The molecule has 0 spiro atoms. The van der Waals surface area contributed by atoms with Crippen LogP contribution in [0, 0.1) is 0 Å². The van der Waals surface area contributed by atoms with Crippen molar-refractivity contribution in [2.45, 2.75) is 0 Å². The first kappa shape index (κ1) is 14.4. The number of nitrogen functional groups attached to an aromatic ring is 2. The van der Waals surface area contributed by atoms with Gasteiger partial charge in [0.1, 0.15) is 6.33 Å². The molecule has 2 heterocycles. The third kappa shape index (κ3) is 3.04. The Balaban J connectivity index is 1.89. The summed E-state index contributed by atoms with van der Waals surface area (Å²) in [5.41, 5.74) is 15.1. The second kappa shape index (κ2) is 6.07. The highest BCUT2D eigenvalue weighted by atomic mass is 15.3. The van der Waals surface area contributed by atoms with Crippen molar-refractivity contribution < 1.29 is 0 Å². The molecule has 7 heteroatoms. The van der Waals surface area contributed by atoms with Crippen LogP contribution in [0.5, 0.6) is 0 Å². The summed E-state index contributed by atoms with van der Waals surface area (Å²) >= 11 is 0. The van der Waals surface area contributed by atoms with Crippen molar-refractivity contribution in [3.63, 3.8) is 0 Å². The van der Waals surface area contributed by atoms with Gasteiger partial charge in [-0.3, -0.25) is 0 Å². The average molecular weight is 299 g/mol. The van der Waals surface area contributed by atoms with Crippen LogP contribution >= 0.6 is 0 Å². The van der Waals surface area contributed by atoms with Crippen molar-refractivity contribution in [1.29, 1.82) is 0 Å². The van der Waals surface area contributed by atoms with Gasteiger partial charge in [-0.1, -0.05) is 0 Å². The summed E-state index contributed by atoms with van der Waals surface area (Å²) in [5, 5.41) is 3.28. The molecule has 0 bridgehead atoms. The Bertz CT molecular complexity index is 650. The molecule has 0 radical (unpaired) electrons. The lowest BCUT2D eigenvalue weighted by atomic mass is 10.2. The molecule has 2 aromatic rings. The summed E-state index contributed by atoms with van der Waals surface area (Å²) in [6.45, 7) is 4.04. The molecule has 22 heavy (non-hydrogen) atoms. The van der Waals surface area contributed by atoms with E-state index >= 15 is 0 Å². The zero-order valence-electron chi connectivity index (χ0n) is 12.7. The minimum Gasteiger partial charge on any atom is -0.399 e. The number of aromatic nitrogens is 2. The first-order valence-corrected chi connectivity index (χ1v) is 7.29. The van der Waals surface area contributed by atoms with E-state index in [1.54, 1.807) is 6.20 Å². The number of anilines is 5. The zero-order valence-corrected chi connectivity index (χ0v) is 12.7. The quantitative estimate of drug-likeness (QED) is 0.731. The predicted octanol–water partition coefficient (Wildman–Crippen LogP) is 1.14. The van der Waals surface area contributed by atoms with Gasteiger partial charge in [-0.25, -0.2) is 9.97 Å². The van der Waals surface area contributed by atoms with Crippen LogP contribution in [-0.2, 0) is 0 Å². The third-order valence-corrected chi connectivity index (χ3v) is 3.86. The molecule has 0 amide bonds. The number of benzene rings is 1. The van der Waals surface area contributed by atoms with Gasteiger partial charge in [-0.2, -0.15) is 0 Å². The van der Waals surface area contributed by atoms with E-state index in [1.807, 2.05) is 18.2 Å². The van der Waals surface area contributed by atoms with E-state index in [-0.39, 0.29) is 0 Å². The molecular weight excluding hydrogens is 278 g/mol. The maximum atomic E-state index is 5.94. The number of piperazine rings is 1. The van der Waals surface area contributed by atoms with E-state index in [9.17, 15) is 0 Å². The molecular formula is C15H21N7. The monoisotopic (exact) mass is 299 g/mol. The van der Waals surface area contributed by atoms with Crippen LogP contribution in [0.3, 0.4) is 0 Å². The fraction of sp³-hybridized carbons (Fsp3) is 0.333. The fourth-order valence-electron chi connectivity index (χ4n) is 2.55. The summed E-state index contributed by atoms with van der Waals surface area (Å²) in [6, 6.07) is 5.87. The number of nitrogens with zero attached hydrogens (tertiary/aromatic N) is 4. The summed E-state index contributed by atoms with van der Waals surface area (Å²) in [4.78, 5) is 12.8. The third-order valence-electron chi connectivity index (χ3n) is 3.86. The lowest BCUT2D eigenvalue weighted by Crippen LogP contribution is -2.44. The summed E-state index contributed by atoms with van der Waals surface area (Å²) < 4.78 is 0. The Labute approximate surface area is 129 Å². The van der Waals surface area contributed by atoms with Crippen LogP contribution in [0.25, 0.3) is 0 Å². The summed E-state index contributed by atoms with van der Waals surface area (Å²) in [7, 11) is 2.14.